The van der Waals surface area contributed by atoms with Crippen LogP contribution in [0.4, 0.5) is 4.79 Å². The molecule has 2 N–H and O–H groups in total. The molecule has 8 heteroatoms. The van der Waals surface area contributed by atoms with Gasteiger partial charge in [-0.3, -0.25) is 10.1 Å². The van der Waals surface area contributed by atoms with E-state index < -0.39 is 28.8 Å². The van der Waals surface area contributed by atoms with Crippen molar-refractivity contribution in [1.29, 1.82) is 0 Å². The summed E-state index contributed by atoms with van der Waals surface area (Å²) in [4.78, 5) is 36.4. The van der Waals surface area contributed by atoms with E-state index in [0.29, 0.717) is 18.6 Å². The second-order valence-electron chi connectivity index (χ2n) is 8.54. The number of ketones is 1. The second kappa shape index (κ2) is 14.0. The van der Waals surface area contributed by atoms with Crippen molar-refractivity contribution in [1.82, 2.24) is 5.32 Å². The minimum absolute atomic E-state index is 0.198. The van der Waals surface area contributed by atoms with Crippen molar-refractivity contribution in [3.8, 4) is 5.75 Å². The Bertz CT molecular complexity index is 1110. The van der Waals surface area contributed by atoms with E-state index in [2.05, 4.69) is 17.0 Å². The van der Waals surface area contributed by atoms with Crippen LogP contribution in [-0.2, 0) is 11.2 Å². The van der Waals surface area contributed by atoms with E-state index in [4.69, 9.17) is 8.83 Å². The first kappa shape index (κ1) is 27.7. The van der Waals surface area contributed by atoms with E-state index in [1.807, 2.05) is 13.0 Å². The number of hydrogen-bond acceptors (Lipinski definition) is 7. The Balaban J connectivity index is 2.04. The van der Waals surface area contributed by atoms with Gasteiger partial charge in [0, 0.05) is 23.8 Å². The van der Waals surface area contributed by atoms with Crippen molar-refractivity contribution in [2.75, 3.05) is 7.11 Å². The number of methoxy groups -OCH3 is 1. The number of rotatable bonds is 13. The molecule has 0 aliphatic heterocycles. The summed E-state index contributed by atoms with van der Waals surface area (Å²) >= 11 is 0. The van der Waals surface area contributed by atoms with Gasteiger partial charge >= 0.3 is 11.7 Å². The number of alkyl carbamates (subject to hydrolysis) is 1. The molecule has 0 aromatic carbocycles. The molecule has 35 heavy (non-hydrogen) atoms. The van der Waals surface area contributed by atoms with Gasteiger partial charge in [0.05, 0.1) is 13.4 Å². The first-order valence-corrected chi connectivity index (χ1v) is 11.9. The van der Waals surface area contributed by atoms with Gasteiger partial charge in [-0.25, -0.2) is 9.59 Å². The number of aryl methyl sites for hydroxylation is 1. The number of nitrogens with one attached hydrogen (secondary N) is 1. The third-order valence-electron chi connectivity index (χ3n) is 5.64. The molecule has 0 saturated heterocycles. The maximum absolute atomic E-state index is 12.9. The molecule has 0 aliphatic rings. The molecule has 0 aliphatic carbocycles. The van der Waals surface area contributed by atoms with Gasteiger partial charge in [-0.2, -0.15) is 0 Å². The van der Waals surface area contributed by atoms with Crippen LogP contribution in [0.1, 0.15) is 92.7 Å². The molecule has 1 amide bonds. The maximum atomic E-state index is 12.9. The molecule has 2 aromatic heterocycles. The number of amides is 1. The molecule has 2 heterocycles. The molecule has 0 saturated carbocycles. The van der Waals surface area contributed by atoms with Crippen LogP contribution in [0, 0.1) is 0 Å². The predicted molar refractivity (Wildman–Crippen MR) is 134 cm³/mol. The highest BCUT2D eigenvalue weighted by atomic mass is 16.5. The van der Waals surface area contributed by atoms with Gasteiger partial charge in [0.1, 0.15) is 22.8 Å². The molecule has 0 spiro atoms. The summed E-state index contributed by atoms with van der Waals surface area (Å²) in [5, 5.41) is 12.9. The summed E-state index contributed by atoms with van der Waals surface area (Å²) in [6, 6.07) is 3.19. The number of carbonyl (C=O) groups is 2. The van der Waals surface area contributed by atoms with Crippen LogP contribution >= 0.6 is 0 Å². The lowest BCUT2D eigenvalue weighted by molar-refractivity contribution is 0.102. The summed E-state index contributed by atoms with van der Waals surface area (Å²) in [5.41, 5.74) is 0.0273. The normalized spacial score (nSPS) is 12.6. The Hall–Kier alpha value is -3.55. The van der Waals surface area contributed by atoms with Gasteiger partial charge in [0.25, 0.3) is 0 Å². The number of allylic oxidation sites excluding steroid dienone is 2. The zero-order chi connectivity index (χ0) is 25.8. The van der Waals surface area contributed by atoms with Crippen LogP contribution in [-0.4, -0.2) is 24.1 Å². The van der Waals surface area contributed by atoms with Crippen LogP contribution in [0.3, 0.4) is 0 Å². The molecular formula is C27H35NO7. The van der Waals surface area contributed by atoms with E-state index >= 15 is 0 Å². The van der Waals surface area contributed by atoms with Gasteiger partial charge < -0.3 is 18.7 Å². The van der Waals surface area contributed by atoms with Crippen molar-refractivity contribution in [2.45, 2.75) is 71.6 Å². The Labute approximate surface area is 205 Å². The Morgan fingerprint density at radius 1 is 1.23 bits per heavy atom. The predicted octanol–water partition coefficient (Wildman–Crippen LogP) is 6.10. The number of ether oxygens (including phenoxy) is 1. The molecule has 0 radical (unpaired) electrons. The fraction of sp³-hybridized carbons (Fsp3) is 0.444. The van der Waals surface area contributed by atoms with Gasteiger partial charge in [-0.05, 0) is 50.3 Å². The van der Waals surface area contributed by atoms with E-state index in [1.54, 1.807) is 25.3 Å². The molecule has 2 rings (SSSR count). The van der Waals surface area contributed by atoms with Crippen molar-refractivity contribution in [3.05, 3.63) is 69.3 Å². The van der Waals surface area contributed by atoms with E-state index in [0.717, 1.165) is 24.8 Å². The highest BCUT2D eigenvalue weighted by Crippen LogP contribution is 2.26. The summed E-state index contributed by atoms with van der Waals surface area (Å²) in [6.07, 6.45) is 12.6. The van der Waals surface area contributed by atoms with Crippen LogP contribution in [0.2, 0.25) is 0 Å². The standard InChI is InChI=1S/C27H35NO7/c1-5-6-7-8-12-20-15-21(34-17-20)14-19(3)25(30)24-22(29)16-23(35-26(24)31)18(2)11-9-10-13-28-27(32)33-4/h10,13-18,29H,5-9,11-12H2,1-4H3,(H,28,32)/b13-10+,19-14+. The number of carbonyl (C=O) groups excluding carboxylic acids is 2. The topological polar surface area (TPSA) is 119 Å². The lowest BCUT2D eigenvalue weighted by atomic mass is 9.99. The zero-order valence-corrected chi connectivity index (χ0v) is 20.9. The maximum Gasteiger partial charge on any atom is 0.410 e. The fourth-order valence-electron chi connectivity index (χ4n) is 3.54. The van der Waals surface area contributed by atoms with Crippen LogP contribution in [0.15, 0.2) is 49.9 Å². The monoisotopic (exact) mass is 485 g/mol. The van der Waals surface area contributed by atoms with Crippen molar-refractivity contribution < 1.29 is 28.3 Å². The minimum atomic E-state index is -0.886. The number of furan rings is 1. The number of unbranched alkanes of at least 4 members (excludes halogenated alkanes) is 3. The summed E-state index contributed by atoms with van der Waals surface area (Å²) in [6.45, 7) is 5.57. The third-order valence-corrected chi connectivity index (χ3v) is 5.64. The molecule has 8 nitrogen and oxygen atoms in total. The number of hydrogen-bond donors (Lipinski definition) is 2. The van der Waals surface area contributed by atoms with Crippen LogP contribution < -0.4 is 10.9 Å². The Kier molecular flexibility index (Phi) is 11.1. The van der Waals surface area contributed by atoms with Gasteiger partial charge in [0.2, 0.25) is 0 Å². The van der Waals surface area contributed by atoms with Crippen molar-refractivity contribution >= 4 is 18.0 Å². The van der Waals surface area contributed by atoms with E-state index in [-0.39, 0.29) is 17.3 Å². The SMILES string of the molecule is CCCCCCc1coc(/C=C(\C)C(=O)c2c(O)cc(C(C)CC/C=C/NC(=O)OC)oc2=O)c1. The van der Waals surface area contributed by atoms with Crippen LogP contribution in [0.5, 0.6) is 5.75 Å². The minimum Gasteiger partial charge on any atom is -0.507 e. The van der Waals surface area contributed by atoms with Crippen molar-refractivity contribution in [3.63, 3.8) is 0 Å². The Morgan fingerprint density at radius 2 is 2.00 bits per heavy atom. The van der Waals surface area contributed by atoms with Gasteiger partial charge in [-0.15, -0.1) is 0 Å². The highest BCUT2D eigenvalue weighted by Gasteiger charge is 2.22. The third kappa shape index (κ3) is 8.63. The average molecular weight is 486 g/mol. The summed E-state index contributed by atoms with van der Waals surface area (Å²) in [5.74, 6) is -0.437. The molecular weight excluding hydrogens is 450 g/mol. The van der Waals surface area contributed by atoms with E-state index in [9.17, 15) is 19.5 Å². The average Bonchev–Trinajstić information content (AvgIpc) is 3.27. The highest BCUT2D eigenvalue weighted by molar-refractivity contribution is 6.11. The van der Waals surface area contributed by atoms with Gasteiger partial charge in [-0.1, -0.05) is 39.2 Å². The lowest BCUT2D eigenvalue weighted by Crippen LogP contribution is -2.16. The van der Waals surface area contributed by atoms with Crippen LogP contribution in [0.25, 0.3) is 6.08 Å². The quantitative estimate of drug-likeness (QED) is 0.200. The first-order chi connectivity index (χ1) is 16.8. The Morgan fingerprint density at radius 3 is 2.69 bits per heavy atom. The lowest BCUT2D eigenvalue weighted by Gasteiger charge is -2.11. The largest absolute Gasteiger partial charge is 0.507 e. The molecule has 190 valence electrons. The number of Topliss-reactive ketones (excluding diaryl/α,β-unsaturated/α-hetero) is 1. The molecule has 0 bridgehead atoms. The molecule has 1 unspecified atom stereocenters. The molecule has 1 atom stereocenters. The van der Waals surface area contributed by atoms with E-state index in [1.165, 1.54) is 32.2 Å². The fourth-order valence-corrected chi connectivity index (χ4v) is 3.54. The zero-order valence-electron chi connectivity index (χ0n) is 20.9. The number of aromatic hydroxyl groups is 1. The summed E-state index contributed by atoms with van der Waals surface area (Å²) < 4.78 is 15.3. The van der Waals surface area contributed by atoms with Gasteiger partial charge in [0.15, 0.2) is 5.78 Å². The smallest absolute Gasteiger partial charge is 0.410 e. The molecule has 0 fully saturated rings. The molecule has 2 aromatic rings. The summed E-state index contributed by atoms with van der Waals surface area (Å²) in [7, 11) is 1.27. The first-order valence-electron chi connectivity index (χ1n) is 11.9. The van der Waals surface area contributed by atoms with Crippen molar-refractivity contribution in [2.24, 2.45) is 0 Å². The second-order valence-corrected chi connectivity index (χ2v) is 8.54.